The van der Waals surface area contributed by atoms with Gasteiger partial charge in [0, 0.05) is 17.5 Å². The minimum atomic E-state index is -0.354. The lowest BCUT2D eigenvalue weighted by Crippen LogP contribution is -2.27. The van der Waals surface area contributed by atoms with Crippen molar-refractivity contribution in [2.24, 2.45) is 0 Å². The SMILES string of the molecule is O=C(/C=C/c1cnc2ccccc2n1)Nc1ccc(NC(=O)NCc2ccco2)cc1. The third kappa shape index (κ3) is 5.54. The van der Waals surface area contributed by atoms with E-state index in [0.29, 0.717) is 29.4 Å². The van der Waals surface area contributed by atoms with Gasteiger partial charge in [-0.1, -0.05) is 12.1 Å². The number of carbonyl (C=O) groups is 2. The Bertz CT molecular complexity index is 1220. The number of nitrogens with one attached hydrogen (secondary N) is 3. The number of urea groups is 1. The number of furan rings is 1. The smallest absolute Gasteiger partial charge is 0.319 e. The van der Waals surface area contributed by atoms with Gasteiger partial charge in [-0.05, 0) is 54.6 Å². The van der Waals surface area contributed by atoms with E-state index in [1.807, 2.05) is 24.3 Å². The molecule has 0 atom stereocenters. The van der Waals surface area contributed by atoms with Crippen molar-refractivity contribution >= 4 is 40.4 Å². The monoisotopic (exact) mass is 413 g/mol. The Morgan fingerprint density at radius 3 is 2.39 bits per heavy atom. The average Bonchev–Trinajstić information content (AvgIpc) is 3.31. The molecule has 3 amide bonds. The van der Waals surface area contributed by atoms with Crippen LogP contribution in [0.25, 0.3) is 17.1 Å². The van der Waals surface area contributed by atoms with Crippen molar-refractivity contribution < 1.29 is 14.0 Å². The van der Waals surface area contributed by atoms with Gasteiger partial charge in [-0.3, -0.25) is 9.78 Å². The highest BCUT2D eigenvalue weighted by Crippen LogP contribution is 2.14. The van der Waals surface area contributed by atoms with Gasteiger partial charge in [-0.15, -0.1) is 0 Å². The number of hydrogen-bond donors (Lipinski definition) is 3. The van der Waals surface area contributed by atoms with Gasteiger partial charge >= 0.3 is 6.03 Å². The second-order valence-electron chi connectivity index (χ2n) is 6.57. The molecule has 2 heterocycles. The van der Waals surface area contributed by atoms with Crippen LogP contribution in [0.15, 0.2) is 83.6 Å². The highest BCUT2D eigenvalue weighted by Gasteiger charge is 2.04. The van der Waals surface area contributed by atoms with Gasteiger partial charge in [0.25, 0.3) is 0 Å². The van der Waals surface area contributed by atoms with Crippen LogP contribution in [0.1, 0.15) is 11.5 Å². The molecule has 0 radical (unpaired) electrons. The molecule has 0 saturated carbocycles. The molecule has 0 unspecified atom stereocenters. The number of nitrogens with zero attached hydrogens (tertiary/aromatic N) is 2. The summed E-state index contributed by atoms with van der Waals surface area (Å²) in [6, 6.07) is 17.5. The van der Waals surface area contributed by atoms with Gasteiger partial charge in [-0.2, -0.15) is 0 Å². The first kappa shape index (κ1) is 19.8. The molecule has 2 aromatic carbocycles. The molecule has 154 valence electrons. The zero-order chi connectivity index (χ0) is 21.5. The first-order valence-electron chi connectivity index (χ1n) is 9.54. The normalized spacial score (nSPS) is 10.8. The maximum absolute atomic E-state index is 12.2. The van der Waals surface area contributed by atoms with Crippen LogP contribution in [0.2, 0.25) is 0 Å². The summed E-state index contributed by atoms with van der Waals surface area (Å²) in [5.41, 5.74) is 3.35. The highest BCUT2D eigenvalue weighted by molar-refractivity contribution is 6.02. The van der Waals surface area contributed by atoms with Crippen LogP contribution in [0.4, 0.5) is 16.2 Å². The summed E-state index contributed by atoms with van der Waals surface area (Å²) in [6.45, 7) is 0.293. The van der Waals surface area contributed by atoms with Crippen LogP contribution >= 0.6 is 0 Å². The van der Waals surface area contributed by atoms with Gasteiger partial charge < -0.3 is 20.4 Å². The number of carbonyl (C=O) groups excluding carboxylic acids is 2. The van der Waals surface area contributed by atoms with Crippen molar-refractivity contribution in [3.8, 4) is 0 Å². The third-order valence-electron chi connectivity index (χ3n) is 4.29. The molecule has 3 N–H and O–H groups in total. The van der Waals surface area contributed by atoms with Crippen LogP contribution in [-0.2, 0) is 11.3 Å². The summed E-state index contributed by atoms with van der Waals surface area (Å²) in [7, 11) is 0. The Morgan fingerprint density at radius 1 is 0.903 bits per heavy atom. The fourth-order valence-corrected chi connectivity index (χ4v) is 2.79. The molecule has 0 aliphatic carbocycles. The highest BCUT2D eigenvalue weighted by atomic mass is 16.3. The Kier molecular flexibility index (Phi) is 5.99. The topological polar surface area (TPSA) is 109 Å². The quantitative estimate of drug-likeness (QED) is 0.411. The number of rotatable bonds is 6. The number of fused-ring (bicyclic) bond motifs is 1. The van der Waals surface area contributed by atoms with Crippen LogP contribution in [0.3, 0.4) is 0 Å². The summed E-state index contributed by atoms with van der Waals surface area (Å²) in [4.78, 5) is 32.9. The van der Waals surface area contributed by atoms with Gasteiger partial charge in [0.05, 0.1) is 35.7 Å². The number of benzene rings is 2. The molecule has 0 saturated heterocycles. The third-order valence-corrected chi connectivity index (χ3v) is 4.29. The molecule has 4 aromatic rings. The van der Waals surface area contributed by atoms with Crippen LogP contribution < -0.4 is 16.0 Å². The van der Waals surface area contributed by atoms with Crippen LogP contribution in [0.5, 0.6) is 0 Å². The van der Waals surface area contributed by atoms with Crippen LogP contribution in [-0.4, -0.2) is 21.9 Å². The standard InChI is InChI=1S/C23H19N5O3/c29-22(12-11-18-14-24-20-5-1-2-6-21(20)26-18)27-16-7-9-17(10-8-16)28-23(30)25-15-19-4-3-13-31-19/h1-14H,15H2,(H,27,29)(H2,25,28,30)/b12-11+. The van der Waals surface area contributed by atoms with Gasteiger partial charge in [-0.25, -0.2) is 9.78 Å². The van der Waals surface area contributed by atoms with E-state index in [1.165, 1.54) is 6.08 Å². The zero-order valence-electron chi connectivity index (χ0n) is 16.4. The summed E-state index contributed by atoms with van der Waals surface area (Å²) < 4.78 is 5.16. The first-order chi connectivity index (χ1) is 15.2. The van der Waals surface area contributed by atoms with E-state index in [-0.39, 0.29) is 11.9 Å². The molecule has 0 aliphatic rings. The Balaban J connectivity index is 1.29. The molecule has 4 rings (SSSR count). The largest absolute Gasteiger partial charge is 0.467 e. The Hall–Kier alpha value is -4.46. The molecule has 0 bridgehead atoms. The molecule has 0 aliphatic heterocycles. The number of para-hydroxylation sites is 2. The zero-order valence-corrected chi connectivity index (χ0v) is 16.4. The minimum Gasteiger partial charge on any atom is -0.467 e. The number of amides is 3. The van der Waals surface area contributed by atoms with E-state index in [9.17, 15) is 9.59 Å². The van der Waals surface area contributed by atoms with Gasteiger partial charge in [0.2, 0.25) is 5.91 Å². The fourth-order valence-electron chi connectivity index (χ4n) is 2.79. The van der Waals surface area contributed by atoms with Crippen molar-refractivity contribution in [3.63, 3.8) is 0 Å². The molecule has 0 spiro atoms. The van der Waals surface area contributed by atoms with E-state index in [2.05, 4.69) is 25.9 Å². The minimum absolute atomic E-state index is 0.293. The predicted molar refractivity (Wildman–Crippen MR) is 118 cm³/mol. The number of anilines is 2. The van der Waals surface area contributed by atoms with Crippen molar-refractivity contribution in [2.45, 2.75) is 6.54 Å². The molecular formula is C23H19N5O3. The summed E-state index contributed by atoms with van der Waals surface area (Å²) in [6.07, 6.45) is 6.16. The predicted octanol–water partition coefficient (Wildman–Crippen LogP) is 4.20. The number of aromatic nitrogens is 2. The second kappa shape index (κ2) is 9.36. The van der Waals surface area contributed by atoms with Gasteiger partial charge in [0.15, 0.2) is 0 Å². The van der Waals surface area contributed by atoms with E-state index in [0.717, 1.165) is 11.0 Å². The lowest BCUT2D eigenvalue weighted by Gasteiger charge is -2.08. The van der Waals surface area contributed by atoms with E-state index < -0.39 is 0 Å². The second-order valence-corrected chi connectivity index (χ2v) is 6.57. The summed E-state index contributed by atoms with van der Waals surface area (Å²) in [5.74, 6) is 0.364. The Labute approximate surface area is 178 Å². The first-order valence-corrected chi connectivity index (χ1v) is 9.54. The van der Waals surface area contributed by atoms with Crippen molar-refractivity contribution in [2.75, 3.05) is 10.6 Å². The lowest BCUT2D eigenvalue weighted by molar-refractivity contribution is -0.111. The molecule has 8 heteroatoms. The van der Waals surface area contributed by atoms with Crippen molar-refractivity contribution in [3.05, 3.63) is 90.7 Å². The lowest BCUT2D eigenvalue weighted by atomic mass is 10.2. The molecule has 8 nitrogen and oxygen atoms in total. The Morgan fingerprint density at radius 2 is 1.65 bits per heavy atom. The number of hydrogen-bond acceptors (Lipinski definition) is 5. The van der Waals surface area contributed by atoms with Crippen molar-refractivity contribution in [1.29, 1.82) is 0 Å². The summed E-state index contributed by atoms with van der Waals surface area (Å²) in [5, 5.41) is 8.16. The molecule has 0 fully saturated rings. The van der Waals surface area contributed by atoms with E-state index in [4.69, 9.17) is 4.42 Å². The van der Waals surface area contributed by atoms with Crippen LogP contribution in [0, 0.1) is 0 Å². The van der Waals surface area contributed by atoms with Crippen molar-refractivity contribution in [1.82, 2.24) is 15.3 Å². The summed E-state index contributed by atoms with van der Waals surface area (Å²) >= 11 is 0. The molecule has 31 heavy (non-hydrogen) atoms. The molecular weight excluding hydrogens is 394 g/mol. The maximum atomic E-state index is 12.2. The van der Waals surface area contributed by atoms with Gasteiger partial charge in [0.1, 0.15) is 5.76 Å². The average molecular weight is 413 g/mol. The van der Waals surface area contributed by atoms with E-state index >= 15 is 0 Å². The van der Waals surface area contributed by atoms with E-state index in [1.54, 1.807) is 54.9 Å². The maximum Gasteiger partial charge on any atom is 0.319 e. The fraction of sp³-hybridized carbons (Fsp3) is 0.0435. The molecule has 2 aromatic heterocycles.